The van der Waals surface area contributed by atoms with Gasteiger partial charge in [0.2, 0.25) is 5.00 Å². The van der Waals surface area contributed by atoms with Crippen molar-refractivity contribution in [2.45, 2.75) is 38.6 Å². The van der Waals surface area contributed by atoms with Gasteiger partial charge in [0, 0.05) is 0 Å². The van der Waals surface area contributed by atoms with Crippen LogP contribution in [0.5, 0.6) is 0 Å². The highest BCUT2D eigenvalue weighted by molar-refractivity contribution is 7.92. The number of hydrogen-bond acceptors (Lipinski definition) is 2. The largest absolute Gasteiger partial charge is 0.227 e. The van der Waals surface area contributed by atoms with Gasteiger partial charge >= 0.3 is 0 Å². The van der Waals surface area contributed by atoms with E-state index in [2.05, 4.69) is 0 Å². The third kappa shape index (κ3) is 2.43. The highest BCUT2D eigenvalue weighted by Gasteiger charge is 2.36. The number of hydrogen-bond donors (Lipinski definition) is 0. The van der Waals surface area contributed by atoms with Crippen LogP contribution in [0.25, 0.3) is 0 Å². The fourth-order valence-electron chi connectivity index (χ4n) is 0.903. The number of halogens is 1. The van der Waals surface area contributed by atoms with Gasteiger partial charge in [0.05, 0.1) is 5.75 Å². The van der Waals surface area contributed by atoms with Crippen molar-refractivity contribution in [2.75, 3.05) is 5.75 Å². The molecule has 0 saturated carbocycles. The van der Waals surface area contributed by atoms with Crippen molar-refractivity contribution in [3.05, 3.63) is 0 Å². The molecule has 2 nitrogen and oxygen atoms in total. The summed E-state index contributed by atoms with van der Waals surface area (Å²) in [7, 11) is -3.53. The third-order valence-corrected chi connectivity index (χ3v) is 3.99. The van der Waals surface area contributed by atoms with Gasteiger partial charge in [-0.25, -0.2) is 12.8 Å². The van der Waals surface area contributed by atoms with E-state index in [4.69, 9.17) is 0 Å². The van der Waals surface area contributed by atoms with Gasteiger partial charge in [0.15, 0.2) is 9.84 Å². The first-order valence-corrected chi connectivity index (χ1v) is 5.44. The molecule has 0 aliphatic heterocycles. The lowest BCUT2D eigenvalue weighted by Crippen LogP contribution is -2.31. The summed E-state index contributed by atoms with van der Waals surface area (Å²) in [5, 5.41) is -2.03. The summed E-state index contributed by atoms with van der Waals surface area (Å²) in [6.07, 6.45) is 0.634. The van der Waals surface area contributed by atoms with Crippen molar-refractivity contribution in [1.82, 2.24) is 0 Å². The maximum Gasteiger partial charge on any atom is 0.208 e. The number of sulfone groups is 1. The van der Waals surface area contributed by atoms with Crippen LogP contribution in [0.2, 0.25) is 0 Å². The van der Waals surface area contributed by atoms with Gasteiger partial charge in [0.25, 0.3) is 0 Å². The Bertz CT molecular complexity index is 206. The van der Waals surface area contributed by atoms with Crippen molar-refractivity contribution in [2.24, 2.45) is 0 Å². The molecular weight excluding hydrogens is 167 g/mol. The SMILES string of the molecule is CCCC(C)(F)S(=O)(=O)CC. The Balaban J connectivity index is 4.55. The molecule has 0 bridgehead atoms. The molecule has 4 heteroatoms. The Morgan fingerprint density at radius 3 is 2.09 bits per heavy atom. The van der Waals surface area contributed by atoms with Gasteiger partial charge in [-0.05, 0) is 13.3 Å². The lowest BCUT2D eigenvalue weighted by atomic mass is 10.2. The smallest absolute Gasteiger partial charge is 0.208 e. The van der Waals surface area contributed by atoms with Crippen LogP contribution in [0, 0.1) is 0 Å². The normalized spacial score (nSPS) is 17.8. The van der Waals surface area contributed by atoms with Crippen molar-refractivity contribution in [3.8, 4) is 0 Å². The molecule has 0 spiro atoms. The van der Waals surface area contributed by atoms with E-state index in [0.29, 0.717) is 6.42 Å². The fourth-order valence-corrected chi connectivity index (χ4v) is 2.02. The van der Waals surface area contributed by atoms with Crippen LogP contribution in [0.3, 0.4) is 0 Å². The lowest BCUT2D eigenvalue weighted by Gasteiger charge is -2.18. The average molecular weight is 182 g/mol. The minimum atomic E-state index is -3.53. The molecule has 1 unspecified atom stereocenters. The minimum Gasteiger partial charge on any atom is -0.227 e. The zero-order chi connectivity index (χ0) is 9.12. The molecule has 68 valence electrons. The third-order valence-electron chi connectivity index (χ3n) is 1.73. The molecule has 0 aliphatic carbocycles. The van der Waals surface area contributed by atoms with Crippen LogP contribution in [-0.4, -0.2) is 19.2 Å². The van der Waals surface area contributed by atoms with Gasteiger partial charge in [-0.1, -0.05) is 20.3 Å². The highest BCUT2D eigenvalue weighted by Crippen LogP contribution is 2.25. The van der Waals surface area contributed by atoms with Crippen molar-refractivity contribution in [1.29, 1.82) is 0 Å². The summed E-state index contributed by atoms with van der Waals surface area (Å²) >= 11 is 0. The molecule has 0 aromatic rings. The first-order chi connectivity index (χ1) is 4.87. The van der Waals surface area contributed by atoms with E-state index in [-0.39, 0.29) is 12.2 Å². The van der Waals surface area contributed by atoms with Crippen LogP contribution < -0.4 is 0 Å². The van der Waals surface area contributed by atoms with Crippen LogP contribution >= 0.6 is 0 Å². The predicted molar refractivity (Wildman–Crippen MR) is 43.9 cm³/mol. The quantitative estimate of drug-likeness (QED) is 0.665. The minimum absolute atomic E-state index is 0.0865. The second-order valence-corrected chi connectivity index (χ2v) is 5.41. The second kappa shape index (κ2) is 3.52. The molecule has 0 rings (SSSR count). The second-order valence-electron chi connectivity index (χ2n) is 2.76. The molecule has 0 aromatic heterocycles. The molecular formula is C7H15FO2S. The summed E-state index contributed by atoms with van der Waals surface area (Å²) < 4.78 is 35.4. The summed E-state index contributed by atoms with van der Waals surface area (Å²) in [5.41, 5.74) is 0. The van der Waals surface area contributed by atoms with Crippen molar-refractivity contribution >= 4 is 9.84 Å². The topological polar surface area (TPSA) is 34.1 Å². The molecule has 0 amide bonds. The molecule has 0 heterocycles. The summed E-state index contributed by atoms with van der Waals surface area (Å²) in [6.45, 7) is 4.36. The maximum absolute atomic E-state index is 13.3. The van der Waals surface area contributed by atoms with Gasteiger partial charge in [0.1, 0.15) is 0 Å². The molecule has 1 atom stereocenters. The van der Waals surface area contributed by atoms with Crippen LogP contribution in [-0.2, 0) is 9.84 Å². The first-order valence-electron chi connectivity index (χ1n) is 3.78. The summed E-state index contributed by atoms with van der Waals surface area (Å²) in [6, 6.07) is 0. The van der Waals surface area contributed by atoms with Crippen molar-refractivity contribution < 1.29 is 12.8 Å². The Labute approximate surface area is 67.7 Å². The van der Waals surface area contributed by atoms with E-state index in [1.807, 2.05) is 0 Å². The van der Waals surface area contributed by atoms with E-state index in [9.17, 15) is 12.8 Å². The lowest BCUT2D eigenvalue weighted by molar-refractivity contribution is 0.273. The standard InChI is InChI=1S/C7H15FO2S/c1-4-6-7(3,8)11(9,10)5-2/h4-6H2,1-3H3. The predicted octanol–water partition coefficient (Wildman–Crippen LogP) is 1.91. The van der Waals surface area contributed by atoms with E-state index in [0.717, 1.165) is 6.92 Å². The number of rotatable bonds is 4. The van der Waals surface area contributed by atoms with Gasteiger partial charge in [-0.2, -0.15) is 0 Å². The molecule has 0 fully saturated rings. The monoisotopic (exact) mass is 182 g/mol. The van der Waals surface area contributed by atoms with Crippen LogP contribution in [0.1, 0.15) is 33.6 Å². The summed E-state index contributed by atoms with van der Waals surface area (Å²) in [4.78, 5) is 0. The van der Waals surface area contributed by atoms with Gasteiger partial charge in [-0.3, -0.25) is 0 Å². The van der Waals surface area contributed by atoms with Crippen molar-refractivity contribution in [3.63, 3.8) is 0 Å². The fraction of sp³-hybridized carbons (Fsp3) is 1.00. The molecule has 11 heavy (non-hydrogen) atoms. The highest BCUT2D eigenvalue weighted by atomic mass is 32.2. The Kier molecular flexibility index (Phi) is 3.48. The molecule has 0 N–H and O–H groups in total. The Morgan fingerprint density at radius 1 is 1.36 bits per heavy atom. The van der Waals surface area contributed by atoms with E-state index in [1.54, 1.807) is 6.92 Å². The van der Waals surface area contributed by atoms with E-state index in [1.165, 1.54) is 6.92 Å². The van der Waals surface area contributed by atoms with Crippen LogP contribution in [0.4, 0.5) is 4.39 Å². The maximum atomic E-state index is 13.3. The van der Waals surface area contributed by atoms with E-state index >= 15 is 0 Å². The van der Waals surface area contributed by atoms with Crippen LogP contribution in [0.15, 0.2) is 0 Å². The molecule has 0 saturated heterocycles. The molecule has 0 aromatic carbocycles. The molecule has 0 aliphatic rings. The number of alkyl halides is 1. The van der Waals surface area contributed by atoms with Gasteiger partial charge < -0.3 is 0 Å². The zero-order valence-corrected chi connectivity index (χ0v) is 8.04. The first kappa shape index (κ1) is 10.9. The summed E-state index contributed by atoms with van der Waals surface area (Å²) in [5.74, 6) is -0.125. The molecule has 0 radical (unpaired) electrons. The average Bonchev–Trinajstić information content (AvgIpc) is 1.87. The van der Waals surface area contributed by atoms with E-state index < -0.39 is 14.8 Å². The Hall–Kier alpha value is -0.120. The van der Waals surface area contributed by atoms with Gasteiger partial charge in [-0.15, -0.1) is 0 Å². The Morgan fingerprint density at radius 2 is 1.82 bits per heavy atom. The zero-order valence-electron chi connectivity index (χ0n) is 7.22.